The predicted octanol–water partition coefficient (Wildman–Crippen LogP) is 5.92. The molecule has 4 rings (SSSR count). The molecule has 0 heterocycles. The first-order chi connectivity index (χ1) is 14.7. The largest absolute Gasteiger partial charge is 0.460 e. The third-order valence-electron chi connectivity index (χ3n) is 8.87. The molecule has 3 fully saturated rings. The zero-order valence-corrected chi connectivity index (χ0v) is 19.6. The Morgan fingerprint density at radius 3 is 2.32 bits per heavy atom. The van der Waals surface area contributed by atoms with Gasteiger partial charge in [0.05, 0.1) is 0 Å². The van der Waals surface area contributed by atoms with Gasteiger partial charge in [-0.05, 0) is 62.5 Å². The number of hydrogen-bond acceptors (Lipinski definition) is 3. The van der Waals surface area contributed by atoms with Crippen LogP contribution in [0.15, 0.2) is 24.3 Å². The van der Waals surface area contributed by atoms with Crippen molar-refractivity contribution in [2.24, 2.45) is 16.7 Å². The van der Waals surface area contributed by atoms with Gasteiger partial charge in [0, 0.05) is 17.1 Å². The van der Waals surface area contributed by atoms with Crippen molar-refractivity contribution in [1.82, 2.24) is 4.90 Å². The molecule has 3 aliphatic carbocycles. The highest BCUT2D eigenvalue weighted by Crippen LogP contribution is 2.66. The van der Waals surface area contributed by atoms with Crippen molar-refractivity contribution in [3.63, 3.8) is 0 Å². The number of aryl methyl sites for hydroxylation is 1. The smallest absolute Gasteiger partial charge is 0.326 e. The van der Waals surface area contributed by atoms with E-state index in [4.69, 9.17) is 4.74 Å². The van der Waals surface area contributed by atoms with E-state index >= 15 is 0 Å². The van der Waals surface area contributed by atoms with Crippen molar-refractivity contribution in [1.29, 1.82) is 0 Å². The fourth-order valence-corrected chi connectivity index (χ4v) is 6.24. The van der Waals surface area contributed by atoms with Gasteiger partial charge in [-0.2, -0.15) is 0 Å². The highest BCUT2D eigenvalue weighted by molar-refractivity contribution is 5.91. The van der Waals surface area contributed by atoms with Crippen molar-refractivity contribution in [2.45, 2.75) is 91.2 Å². The monoisotopic (exact) mass is 426 g/mol. The van der Waals surface area contributed by atoms with Crippen LogP contribution in [0.25, 0.3) is 0 Å². The minimum atomic E-state index is -0.265. The van der Waals surface area contributed by atoms with Gasteiger partial charge in [-0.1, -0.05) is 57.7 Å². The summed E-state index contributed by atoms with van der Waals surface area (Å²) in [6.45, 7) is 8.97. The van der Waals surface area contributed by atoms with Crippen LogP contribution < -0.4 is 5.32 Å². The van der Waals surface area contributed by atoms with Crippen LogP contribution in [0.5, 0.6) is 0 Å². The Kier molecular flexibility index (Phi) is 6.06. The topological polar surface area (TPSA) is 58.6 Å². The zero-order valence-electron chi connectivity index (χ0n) is 19.6. The molecule has 5 nitrogen and oxygen atoms in total. The molecule has 31 heavy (non-hydrogen) atoms. The normalized spacial score (nSPS) is 29.5. The van der Waals surface area contributed by atoms with Crippen molar-refractivity contribution < 1.29 is 14.3 Å². The van der Waals surface area contributed by atoms with E-state index in [-0.39, 0.29) is 41.5 Å². The third kappa shape index (κ3) is 4.20. The summed E-state index contributed by atoms with van der Waals surface area (Å²) < 4.78 is 6.06. The lowest BCUT2D eigenvalue weighted by Gasteiger charge is -2.39. The van der Waals surface area contributed by atoms with Crippen LogP contribution in [-0.4, -0.2) is 35.6 Å². The Labute approximate surface area is 186 Å². The van der Waals surface area contributed by atoms with Gasteiger partial charge in [-0.15, -0.1) is 0 Å². The Morgan fingerprint density at radius 1 is 1.06 bits per heavy atom. The summed E-state index contributed by atoms with van der Waals surface area (Å²) in [5.41, 5.74) is 2.14. The molecular formula is C26H38N2O3. The van der Waals surface area contributed by atoms with Crippen molar-refractivity contribution in [3.8, 4) is 0 Å². The van der Waals surface area contributed by atoms with Gasteiger partial charge >= 0.3 is 12.0 Å². The fourth-order valence-electron chi connectivity index (χ4n) is 6.24. The van der Waals surface area contributed by atoms with Crippen molar-refractivity contribution in [2.75, 3.05) is 11.9 Å². The number of esters is 1. The summed E-state index contributed by atoms with van der Waals surface area (Å²) in [6.07, 6.45) is 8.56. The van der Waals surface area contributed by atoms with Crippen LogP contribution in [-0.2, 0) is 9.53 Å². The second kappa shape index (κ2) is 8.48. The number of nitrogens with zero attached hydrogens (tertiary/aromatic N) is 1. The summed E-state index contributed by atoms with van der Waals surface area (Å²) in [6, 6.07) is 7.66. The number of benzene rings is 1. The molecule has 5 heteroatoms. The molecule has 0 spiro atoms. The number of nitrogens with one attached hydrogen (secondary N) is 1. The van der Waals surface area contributed by atoms with Gasteiger partial charge < -0.3 is 15.0 Å². The van der Waals surface area contributed by atoms with Gasteiger partial charge in [-0.25, -0.2) is 4.79 Å². The molecule has 0 aromatic heterocycles. The quantitative estimate of drug-likeness (QED) is 0.595. The molecule has 1 aromatic rings. The number of anilines is 1. The van der Waals surface area contributed by atoms with Gasteiger partial charge in [0.1, 0.15) is 12.6 Å². The summed E-state index contributed by atoms with van der Waals surface area (Å²) in [4.78, 5) is 27.9. The van der Waals surface area contributed by atoms with Crippen LogP contribution in [0.2, 0.25) is 0 Å². The van der Waals surface area contributed by atoms with Gasteiger partial charge in [0.15, 0.2) is 0 Å². The maximum atomic E-state index is 13.2. The molecule has 2 amide bonds. The maximum Gasteiger partial charge on any atom is 0.326 e. The number of ether oxygens (including phenoxy) is 1. The standard InChI is InChI=1S/C26H38N2O3/c1-18-10-12-20(13-11-18)27-24(30)28(21-8-6-5-7-9-21)17-23(29)31-22-16-19-14-15-26(22,4)25(19,2)3/h10-13,19,21-22H,5-9,14-17H2,1-4H3,(H,27,30)/t19-,22-,26-/m1/s1. The van der Waals surface area contributed by atoms with E-state index in [9.17, 15) is 9.59 Å². The van der Waals surface area contributed by atoms with E-state index in [1.165, 1.54) is 12.8 Å². The summed E-state index contributed by atoms with van der Waals surface area (Å²) in [5, 5.41) is 2.99. The lowest BCUT2D eigenvalue weighted by molar-refractivity contribution is -0.158. The number of carbonyl (C=O) groups is 2. The lowest BCUT2D eigenvalue weighted by Crippen LogP contribution is -2.48. The van der Waals surface area contributed by atoms with Gasteiger partial charge in [-0.3, -0.25) is 4.79 Å². The van der Waals surface area contributed by atoms with E-state index in [2.05, 4.69) is 26.1 Å². The zero-order chi connectivity index (χ0) is 22.2. The highest BCUT2D eigenvalue weighted by atomic mass is 16.5. The molecule has 3 aliphatic rings. The van der Waals surface area contributed by atoms with Crippen LogP contribution >= 0.6 is 0 Å². The summed E-state index contributed by atoms with van der Waals surface area (Å²) >= 11 is 0. The maximum absolute atomic E-state index is 13.2. The molecule has 2 bridgehead atoms. The number of urea groups is 1. The minimum absolute atomic E-state index is 0.0278. The Morgan fingerprint density at radius 2 is 1.74 bits per heavy atom. The summed E-state index contributed by atoms with van der Waals surface area (Å²) in [5.74, 6) is 0.355. The number of rotatable bonds is 5. The lowest BCUT2D eigenvalue weighted by atomic mass is 9.70. The summed E-state index contributed by atoms with van der Waals surface area (Å²) in [7, 11) is 0. The molecule has 0 radical (unpaired) electrons. The SMILES string of the molecule is Cc1ccc(NC(=O)N(CC(=O)O[C@@H]2C[C@H]3CC[C@@]2(C)C3(C)C)C2CCCCC2)cc1. The van der Waals surface area contributed by atoms with Crippen molar-refractivity contribution in [3.05, 3.63) is 29.8 Å². The third-order valence-corrected chi connectivity index (χ3v) is 8.87. The van der Waals surface area contributed by atoms with Crippen LogP contribution in [0.1, 0.15) is 77.7 Å². The average molecular weight is 427 g/mol. The first-order valence-corrected chi connectivity index (χ1v) is 12.0. The van der Waals surface area contributed by atoms with Crippen molar-refractivity contribution >= 4 is 17.7 Å². The highest BCUT2D eigenvalue weighted by Gasteiger charge is 2.62. The van der Waals surface area contributed by atoms with E-state index in [0.717, 1.165) is 49.8 Å². The molecule has 3 atom stereocenters. The molecule has 0 aliphatic heterocycles. The first-order valence-electron chi connectivity index (χ1n) is 12.0. The molecule has 1 aromatic carbocycles. The van der Waals surface area contributed by atoms with Gasteiger partial charge in [0.25, 0.3) is 0 Å². The second-order valence-electron chi connectivity index (χ2n) is 10.8. The van der Waals surface area contributed by atoms with E-state index < -0.39 is 0 Å². The average Bonchev–Trinajstić information content (AvgIpc) is 3.08. The van der Waals surface area contributed by atoms with Gasteiger partial charge in [0.2, 0.25) is 0 Å². The predicted molar refractivity (Wildman–Crippen MR) is 123 cm³/mol. The molecule has 1 N–H and O–H groups in total. The van der Waals surface area contributed by atoms with E-state index in [0.29, 0.717) is 5.92 Å². The Balaban J connectivity index is 1.44. The van der Waals surface area contributed by atoms with E-state index in [1.807, 2.05) is 31.2 Å². The second-order valence-corrected chi connectivity index (χ2v) is 10.8. The van der Waals surface area contributed by atoms with Crippen LogP contribution in [0.3, 0.4) is 0 Å². The molecule has 170 valence electrons. The first kappa shape index (κ1) is 22.2. The Hall–Kier alpha value is -2.04. The number of hydrogen-bond donors (Lipinski definition) is 1. The number of carbonyl (C=O) groups excluding carboxylic acids is 2. The molecule has 0 saturated heterocycles. The number of amides is 2. The minimum Gasteiger partial charge on any atom is -0.460 e. The molecular weight excluding hydrogens is 388 g/mol. The van der Waals surface area contributed by atoms with E-state index in [1.54, 1.807) is 4.90 Å². The Bertz CT molecular complexity index is 812. The molecule has 0 unspecified atom stereocenters. The fraction of sp³-hybridized carbons (Fsp3) is 0.692. The molecule has 3 saturated carbocycles. The van der Waals surface area contributed by atoms with Crippen LogP contribution in [0, 0.1) is 23.7 Å². The van der Waals surface area contributed by atoms with Crippen LogP contribution in [0.4, 0.5) is 10.5 Å². The number of fused-ring (bicyclic) bond motifs is 2.